The first-order chi connectivity index (χ1) is 12.5. The molecule has 0 aliphatic heterocycles. The Kier molecular flexibility index (Phi) is 5.22. The second-order valence-electron chi connectivity index (χ2n) is 6.24. The van der Waals surface area contributed by atoms with E-state index in [1.54, 1.807) is 30.6 Å². The molecule has 3 aromatic rings. The van der Waals surface area contributed by atoms with Gasteiger partial charge in [-0.2, -0.15) is 5.10 Å². The number of pyridine rings is 1. The molecular weight excluding hydrogens is 328 g/mol. The van der Waals surface area contributed by atoms with Crippen LogP contribution in [0.15, 0.2) is 65.7 Å². The Bertz CT molecular complexity index is 965. The van der Waals surface area contributed by atoms with E-state index in [1.807, 2.05) is 24.3 Å². The van der Waals surface area contributed by atoms with Crippen LogP contribution in [0.1, 0.15) is 25.3 Å². The van der Waals surface area contributed by atoms with E-state index >= 15 is 0 Å². The molecule has 6 heteroatoms. The largest absolute Gasteiger partial charge is 0.324 e. The normalized spacial score (nSPS) is 10.7. The molecule has 0 aliphatic rings. The highest BCUT2D eigenvalue weighted by Gasteiger charge is 2.11. The van der Waals surface area contributed by atoms with E-state index in [0.717, 1.165) is 16.8 Å². The molecule has 6 nitrogen and oxygen atoms in total. The van der Waals surface area contributed by atoms with Gasteiger partial charge in [0.25, 0.3) is 5.56 Å². The van der Waals surface area contributed by atoms with Gasteiger partial charge < -0.3 is 5.32 Å². The number of hydrogen-bond donors (Lipinski definition) is 1. The Hall–Kier alpha value is -3.28. The molecule has 2 heterocycles. The summed E-state index contributed by atoms with van der Waals surface area (Å²) in [6.07, 6.45) is 3.31. The lowest BCUT2D eigenvalue weighted by Crippen LogP contribution is -2.29. The van der Waals surface area contributed by atoms with Crippen molar-refractivity contribution in [2.75, 3.05) is 5.32 Å². The van der Waals surface area contributed by atoms with Crippen LogP contribution < -0.4 is 10.9 Å². The molecular formula is C20H20N4O2. The minimum atomic E-state index is -0.324. The summed E-state index contributed by atoms with van der Waals surface area (Å²) in [6, 6.07) is 14.3. The molecule has 0 saturated heterocycles. The predicted octanol–water partition coefficient (Wildman–Crippen LogP) is 3.07. The molecule has 2 aromatic heterocycles. The van der Waals surface area contributed by atoms with Crippen molar-refractivity contribution in [2.24, 2.45) is 0 Å². The Morgan fingerprint density at radius 1 is 1.08 bits per heavy atom. The van der Waals surface area contributed by atoms with Crippen LogP contribution in [0.25, 0.3) is 11.3 Å². The third kappa shape index (κ3) is 4.03. The Morgan fingerprint density at radius 2 is 1.81 bits per heavy atom. The predicted molar refractivity (Wildman–Crippen MR) is 101 cm³/mol. The van der Waals surface area contributed by atoms with Crippen LogP contribution in [0.3, 0.4) is 0 Å². The first kappa shape index (κ1) is 17.5. The summed E-state index contributed by atoms with van der Waals surface area (Å²) in [6.45, 7) is 3.98. The summed E-state index contributed by atoms with van der Waals surface area (Å²) in [5, 5.41) is 7.18. The molecule has 0 aliphatic carbocycles. The summed E-state index contributed by atoms with van der Waals surface area (Å²) in [5.74, 6) is -0.0121. The van der Waals surface area contributed by atoms with E-state index in [9.17, 15) is 9.59 Å². The van der Waals surface area contributed by atoms with Crippen molar-refractivity contribution in [3.05, 3.63) is 76.8 Å². The number of amides is 1. The van der Waals surface area contributed by atoms with Gasteiger partial charge in [-0.3, -0.25) is 14.6 Å². The van der Waals surface area contributed by atoms with Crippen molar-refractivity contribution in [3.63, 3.8) is 0 Å². The minimum absolute atomic E-state index is 0.149. The number of nitrogens with one attached hydrogen (secondary N) is 1. The lowest BCUT2D eigenvalue weighted by molar-refractivity contribution is -0.117. The zero-order valence-corrected chi connectivity index (χ0v) is 14.7. The lowest BCUT2D eigenvalue weighted by Gasteiger charge is -2.14. The highest BCUT2D eigenvalue weighted by atomic mass is 16.2. The van der Waals surface area contributed by atoms with Crippen molar-refractivity contribution < 1.29 is 4.79 Å². The van der Waals surface area contributed by atoms with Crippen LogP contribution in [0.5, 0.6) is 0 Å². The highest BCUT2D eigenvalue weighted by Crippen LogP contribution is 2.23. The van der Waals surface area contributed by atoms with Crippen LogP contribution in [-0.4, -0.2) is 20.7 Å². The topological polar surface area (TPSA) is 76.9 Å². The summed E-state index contributed by atoms with van der Waals surface area (Å²) >= 11 is 0. The molecule has 1 aromatic carbocycles. The fourth-order valence-electron chi connectivity index (χ4n) is 2.68. The van der Waals surface area contributed by atoms with Crippen LogP contribution in [0.2, 0.25) is 0 Å². The number of aromatic nitrogens is 3. The average Bonchev–Trinajstić information content (AvgIpc) is 2.64. The van der Waals surface area contributed by atoms with Crippen molar-refractivity contribution in [2.45, 2.75) is 26.3 Å². The number of nitrogens with zero attached hydrogens (tertiary/aromatic N) is 3. The van der Waals surface area contributed by atoms with Crippen LogP contribution in [0.4, 0.5) is 5.69 Å². The molecule has 1 amide bonds. The monoisotopic (exact) mass is 348 g/mol. The first-order valence-corrected chi connectivity index (χ1v) is 8.42. The van der Waals surface area contributed by atoms with Crippen molar-refractivity contribution >= 4 is 11.6 Å². The van der Waals surface area contributed by atoms with Crippen LogP contribution >= 0.6 is 0 Å². The van der Waals surface area contributed by atoms with Gasteiger partial charge in [0.2, 0.25) is 5.91 Å². The number of benzene rings is 1. The van der Waals surface area contributed by atoms with Crippen LogP contribution in [0, 0.1) is 0 Å². The SMILES string of the molecule is CC(C)c1ccccc1NC(=O)Cn1nc(-c2ccncc2)ccc1=O. The van der Waals surface area contributed by atoms with Gasteiger partial charge in [0, 0.05) is 29.7 Å². The number of hydrogen-bond acceptors (Lipinski definition) is 4. The molecule has 1 N–H and O–H groups in total. The minimum Gasteiger partial charge on any atom is -0.324 e. The van der Waals surface area contributed by atoms with Gasteiger partial charge in [-0.15, -0.1) is 0 Å². The number of rotatable bonds is 5. The van der Waals surface area contributed by atoms with E-state index in [1.165, 1.54) is 10.7 Å². The number of anilines is 1. The Morgan fingerprint density at radius 3 is 2.54 bits per heavy atom. The maximum Gasteiger partial charge on any atom is 0.267 e. The zero-order valence-electron chi connectivity index (χ0n) is 14.7. The average molecular weight is 348 g/mol. The molecule has 0 bridgehead atoms. The van der Waals surface area contributed by atoms with Crippen molar-refractivity contribution in [1.29, 1.82) is 0 Å². The molecule has 0 fully saturated rings. The lowest BCUT2D eigenvalue weighted by atomic mass is 10.0. The molecule has 3 rings (SSSR count). The smallest absolute Gasteiger partial charge is 0.267 e. The van der Waals surface area contributed by atoms with E-state index in [2.05, 4.69) is 29.2 Å². The van der Waals surface area contributed by atoms with E-state index in [0.29, 0.717) is 5.69 Å². The van der Waals surface area contributed by atoms with Crippen molar-refractivity contribution in [1.82, 2.24) is 14.8 Å². The third-order valence-electron chi connectivity index (χ3n) is 3.99. The van der Waals surface area contributed by atoms with Gasteiger partial charge in [0.15, 0.2) is 0 Å². The van der Waals surface area contributed by atoms with Gasteiger partial charge in [-0.25, -0.2) is 4.68 Å². The summed E-state index contributed by atoms with van der Waals surface area (Å²) in [7, 11) is 0. The van der Waals surface area contributed by atoms with Gasteiger partial charge in [-0.1, -0.05) is 32.0 Å². The highest BCUT2D eigenvalue weighted by molar-refractivity contribution is 5.91. The number of para-hydroxylation sites is 1. The maximum absolute atomic E-state index is 12.4. The first-order valence-electron chi connectivity index (χ1n) is 8.42. The number of carbonyl (C=O) groups excluding carboxylic acids is 1. The molecule has 0 atom stereocenters. The molecule has 0 unspecified atom stereocenters. The van der Waals surface area contributed by atoms with E-state index in [-0.39, 0.29) is 23.9 Å². The van der Waals surface area contributed by atoms with E-state index in [4.69, 9.17) is 0 Å². The Labute approximate surface area is 151 Å². The summed E-state index contributed by atoms with van der Waals surface area (Å²) in [5.41, 5.74) is 2.93. The second kappa shape index (κ2) is 7.74. The van der Waals surface area contributed by atoms with Gasteiger partial charge in [0.05, 0.1) is 5.69 Å². The van der Waals surface area contributed by atoms with Crippen molar-refractivity contribution in [3.8, 4) is 11.3 Å². The van der Waals surface area contributed by atoms with Crippen LogP contribution in [-0.2, 0) is 11.3 Å². The van der Waals surface area contributed by atoms with E-state index < -0.39 is 0 Å². The molecule has 132 valence electrons. The molecule has 0 saturated carbocycles. The quantitative estimate of drug-likeness (QED) is 0.769. The van der Waals surface area contributed by atoms with Gasteiger partial charge >= 0.3 is 0 Å². The second-order valence-corrected chi connectivity index (χ2v) is 6.24. The maximum atomic E-state index is 12.4. The fourth-order valence-corrected chi connectivity index (χ4v) is 2.68. The molecule has 0 spiro atoms. The van der Waals surface area contributed by atoms with Gasteiger partial charge in [0.1, 0.15) is 6.54 Å². The number of carbonyl (C=O) groups is 1. The third-order valence-corrected chi connectivity index (χ3v) is 3.99. The fraction of sp³-hybridized carbons (Fsp3) is 0.200. The summed E-state index contributed by atoms with van der Waals surface area (Å²) < 4.78 is 1.17. The molecule has 26 heavy (non-hydrogen) atoms. The zero-order chi connectivity index (χ0) is 18.5. The standard InChI is InChI=1S/C20H20N4O2/c1-14(2)16-5-3-4-6-18(16)22-19(25)13-24-20(26)8-7-17(23-24)15-9-11-21-12-10-15/h3-12,14H,13H2,1-2H3,(H,22,25). The summed E-state index contributed by atoms with van der Waals surface area (Å²) in [4.78, 5) is 28.5. The Balaban J connectivity index is 1.81. The molecule has 0 radical (unpaired) electrons. The van der Waals surface area contributed by atoms with Gasteiger partial charge in [-0.05, 0) is 35.7 Å².